The number of benzene rings is 4. The lowest BCUT2D eigenvalue weighted by molar-refractivity contribution is -0.231. The number of phenols is 1. The number of anilines is 1. The van der Waals surface area contributed by atoms with Gasteiger partial charge in [0.15, 0.2) is 0 Å². The van der Waals surface area contributed by atoms with Crippen molar-refractivity contribution in [2.75, 3.05) is 11.5 Å². The SMILES string of the molecule is O=C1O[C@H](CC[C@H](O)c2ccc(F)cc2)[C@@H](c2ccc(-c3ccc(C4OC(CO)[C@@H](O)C(O)[C@H]4O)cc3)cc2O)N1c1ccccc1. The highest BCUT2D eigenvalue weighted by Crippen LogP contribution is 2.44. The van der Waals surface area contributed by atoms with Gasteiger partial charge in [-0.05, 0) is 65.4 Å². The molecule has 11 heteroatoms. The van der Waals surface area contributed by atoms with Crippen molar-refractivity contribution in [2.24, 2.45) is 0 Å². The Labute approximate surface area is 270 Å². The van der Waals surface area contributed by atoms with Gasteiger partial charge in [0.1, 0.15) is 54.2 Å². The fourth-order valence-electron chi connectivity index (χ4n) is 6.33. The van der Waals surface area contributed by atoms with Crippen LogP contribution in [0.5, 0.6) is 5.75 Å². The lowest BCUT2D eigenvalue weighted by Crippen LogP contribution is -2.55. The molecule has 246 valence electrons. The number of hydrogen-bond acceptors (Lipinski definition) is 9. The van der Waals surface area contributed by atoms with Gasteiger partial charge in [-0.25, -0.2) is 9.18 Å². The molecule has 2 aliphatic heterocycles. The lowest BCUT2D eigenvalue weighted by atomic mass is 9.90. The van der Waals surface area contributed by atoms with Crippen LogP contribution in [0.25, 0.3) is 11.1 Å². The molecule has 0 bridgehead atoms. The summed E-state index contributed by atoms with van der Waals surface area (Å²) in [5, 5.41) is 62.4. The van der Waals surface area contributed by atoms with E-state index in [1.165, 1.54) is 29.2 Å². The number of carbonyl (C=O) groups is 1. The van der Waals surface area contributed by atoms with Crippen LogP contribution < -0.4 is 4.90 Å². The maximum Gasteiger partial charge on any atom is 0.415 e. The molecule has 4 aromatic carbocycles. The Balaban J connectivity index is 1.25. The summed E-state index contributed by atoms with van der Waals surface area (Å²) in [5.74, 6) is -0.485. The first-order valence-electron chi connectivity index (χ1n) is 15.4. The standard InChI is InChI=1S/C36H36FNO9/c37-24-13-10-21(11-14-24)27(40)16-17-29-31(38(36(45)47-29)25-4-2-1-3-5-25)26-15-12-23(18-28(26)41)20-6-8-22(9-7-20)35-34(44)33(43)32(42)30(19-39)46-35/h1-15,18,27,29-35,39-44H,16-17,19H2/t27-,29+,30?,31+,32+,33?,34+,35?/m0/s1. The number of ether oxygens (including phenoxy) is 2. The molecule has 2 aliphatic rings. The average molecular weight is 646 g/mol. The van der Waals surface area contributed by atoms with E-state index in [-0.39, 0.29) is 18.6 Å². The van der Waals surface area contributed by atoms with E-state index in [1.54, 1.807) is 66.7 Å². The molecular weight excluding hydrogens is 609 g/mol. The Morgan fingerprint density at radius 3 is 2.15 bits per heavy atom. The first-order chi connectivity index (χ1) is 22.7. The second kappa shape index (κ2) is 13.8. The summed E-state index contributed by atoms with van der Waals surface area (Å²) in [5.41, 5.74) is 3.47. The predicted molar refractivity (Wildman–Crippen MR) is 169 cm³/mol. The summed E-state index contributed by atoms with van der Waals surface area (Å²) in [6, 6.07) is 25.8. The number of carbonyl (C=O) groups excluding carboxylic acids is 1. The third kappa shape index (κ3) is 6.59. The van der Waals surface area contributed by atoms with E-state index in [2.05, 4.69) is 0 Å². The summed E-state index contributed by atoms with van der Waals surface area (Å²) < 4.78 is 24.9. The lowest BCUT2D eigenvalue weighted by Gasteiger charge is -2.40. The van der Waals surface area contributed by atoms with Gasteiger partial charge >= 0.3 is 6.09 Å². The normalized spacial score (nSPS) is 26.6. The minimum Gasteiger partial charge on any atom is -0.508 e. The van der Waals surface area contributed by atoms with E-state index >= 15 is 0 Å². The molecule has 10 nitrogen and oxygen atoms in total. The first-order valence-corrected chi connectivity index (χ1v) is 15.4. The third-order valence-corrected chi connectivity index (χ3v) is 8.91. The number of aliphatic hydroxyl groups is 5. The molecule has 3 unspecified atom stereocenters. The second-order valence-corrected chi connectivity index (χ2v) is 11.9. The van der Waals surface area contributed by atoms with Crippen molar-refractivity contribution in [3.63, 3.8) is 0 Å². The molecule has 6 N–H and O–H groups in total. The zero-order valence-corrected chi connectivity index (χ0v) is 25.2. The van der Waals surface area contributed by atoms with Crippen molar-refractivity contribution >= 4 is 11.8 Å². The number of para-hydroxylation sites is 1. The van der Waals surface area contributed by atoms with Crippen LogP contribution in [0.15, 0.2) is 97.1 Å². The van der Waals surface area contributed by atoms with Crippen LogP contribution in [0.3, 0.4) is 0 Å². The second-order valence-electron chi connectivity index (χ2n) is 11.9. The largest absolute Gasteiger partial charge is 0.508 e. The molecule has 2 saturated heterocycles. The van der Waals surface area contributed by atoms with E-state index in [0.29, 0.717) is 27.9 Å². The summed E-state index contributed by atoms with van der Waals surface area (Å²) in [7, 11) is 0. The third-order valence-electron chi connectivity index (χ3n) is 8.91. The van der Waals surface area contributed by atoms with Crippen molar-refractivity contribution < 1.29 is 49.3 Å². The van der Waals surface area contributed by atoms with Gasteiger partial charge in [-0.1, -0.05) is 66.7 Å². The maximum absolute atomic E-state index is 13.4. The number of cyclic esters (lactones) is 1. The highest BCUT2D eigenvalue weighted by molar-refractivity contribution is 5.91. The van der Waals surface area contributed by atoms with Gasteiger partial charge in [0.25, 0.3) is 0 Å². The molecule has 0 aromatic heterocycles. The molecule has 6 rings (SSSR count). The predicted octanol–water partition coefficient (Wildman–Crippen LogP) is 4.29. The van der Waals surface area contributed by atoms with Gasteiger partial charge in [-0.2, -0.15) is 0 Å². The van der Waals surface area contributed by atoms with Crippen LogP contribution in [0.1, 0.15) is 47.8 Å². The number of nitrogens with zero attached hydrogens (tertiary/aromatic N) is 1. The maximum atomic E-state index is 13.4. The molecule has 1 amide bonds. The number of aliphatic hydroxyl groups excluding tert-OH is 5. The number of hydrogen-bond donors (Lipinski definition) is 6. The zero-order valence-electron chi connectivity index (χ0n) is 25.2. The smallest absolute Gasteiger partial charge is 0.415 e. The molecule has 2 heterocycles. The minimum absolute atomic E-state index is 0.0752. The van der Waals surface area contributed by atoms with E-state index in [1.807, 2.05) is 6.07 Å². The number of phenolic OH excluding ortho intramolecular Hbond substituents is 1. The summed E-state index contributed by atoms with van der Waals surface area (Å²) in [6.07, 6.45) is -8.09. The van der Waals surface area contributed by atoms with E-state index in [0.717, 1.165) is 5.56 Å². The van der Waals surface area contributed by atoms with Gasteiger partial charge in [0, 0.05) is 11.3 Å². The van der Waals surface area contributed by atoms with Crippen molar-refractivity contribution in [1.29, 1.82) is 0 Å². The van der Waals surface area contributed by atoms with Gasteiger partial charge in [0.05, 0.1) is 12.7 Å². The Morgan fingerprint density at radius 1 is 0.809 bits per heavy atom. The van der Waals surface area contributed by atoms with E-state index < -0.39 is 67.3 Å². The first kappa shape index (κ1) is 32.6. The molecule has 8 atom stereocenters. The number of amides is 1. The molecule has 0 radical (unpaired) electrons. The van der Waals surface area contributed by atoms with Crippen LogP contribution in [-0.4, -0.2) is 73.9 Å². The monoisotopic (exact) mass is 645 g/mol. The fourth-order valence-corrected chi connectivity index (χ4v) is 6.33. The summed E-state index contributed by atoms with van der Waals surface area (Å²) in [6.45, 7) is -0.528. The molecular formula is C36H36FNO9. The molecule has 0 aliphatic carbocycles. The molecule has 4 aromatic rings. The van der Waals surface area contributed by atoms with Crippen molar-refractivity contribution in [2.45, 2.75) is 61.6 Å². The van der Waals surface area contributed by atoms with Gasteiger partial charge in [0.2, 0.25) is 0 Å². The summed E-state index contributed by atoms with van der Waals surface area (Å²) >= 11 is 0. The van der Waals surface area contributed by atoms with E-state index in [4.69, 9.17) is 9.47 Å². The van der Waals surface area contributed by atoms with Crippen molar-refractivity contribution in [3.05, 3.63) is 120 Å². The van der Waals surface area contributed by atoms with Crippen LogP contribution in [-0.2, 0) is 9.47 Å². The van der Waals surface area contributed by atoms with Crippen LogP contribution >= 0.6 is 0 Å². The summed E-state index contributed by atoms with van der Waals surface area (Å²) in [4.78, 5) is 14.7. The molecule has 0 spiro atoms. The number of rotatable bonds is 9. The zero-order chi connectivity index (χ0) is 33.2. The number of halogens is 1. The highest BCUT2D eigenvalue weighted by Gasteiger charge is 2.45. The Hall–Kier alpha value is -4.36. The molecule has 2 fully saturated rings. The van der Waals surface area contributed by atoms with Crippen LogP contribution in [0.2, 0.25) is 0 Å². The Morgan fingerprint density at radius 2 is 1.49 bits per heavy atom. The quantitative estimate of drug-likeness (QED) is 0.156. The van der Waals surface area contributed by atoms with Crippen LogP contribution in [0, 0.1) is 5.82 Å². The Bertz CT molecular complexity index is 1670. The topological polar surface area (TPSA) is 160 Å². The highest BCUT2D eigenvalue weighted by atomic mass is 19.1. The molecule has 47 heavy (non-hydrogen) atoms. The van der Waals surface area contributed by atoms with Crippen molar-refractivity contribution in [3.8, 4) is 16.9 Å². The van der Waals surface area contributed by atoms with Crippen molar-refractivity contribution in [1.82, 2.24) is 0 Å². The number of aromatic hydroxyl groups is 1. The van der Waals surface area contributed by atoms with Gasteiger partial charge in [-0.15, -0.1) is 0 Å². The van der Waals surface area contributed by atoms with E-state index in [9.17, 15) is 39.8 Å². The van der Waals surface area contributed by atoms with Crippen LogP contribution in [0.4, 0.5) is 14.9 Å². The Kier molecular flexibility index (Phi) is 9.55. The van der Waals surface area contributed by atoms with Gasteiger partial charge < -0.3 is 40.1 Å². The average Bonchev–Trinajstić information content (AvgIpc) is 3.42. The molecule has 0 saturated carbocycles. The fraction of sp³-hybridized carbons (Fsp3) is 0.306. The van der Waals surface area contributed by atoms with Gasteiger partial charge in [-0.3, -0.25) is 4.90 Å². The minimum atomic E-state index is -1.49.